The van der Waals surface area contributed by atoms with Crippen molar-refractivity contribution in [2.75, 3.05) is 11.9 Å². The van der Waals surface area contributed by atoms with Gasteiger partial charge in [-0.15, -0.1) is 0 Å². The first-order valence-corrected chi connectivity index (χ1v) is 5.64. The monoisotopic (exact) mass is 206 g/mol. The quantitative estimate of drug-likeness (QED) is 0.766. The zero-order valence-electron chi connectivity index (χ0n) is 8.67. The number of pyridine rings is 1. The Balaban J connectivity index is 1.61. The minimum absolute atomic E-state index is 0.406. The Kier molecular flexibility index (Phi) is 1.94. The molecule has 0 aromatic carbocycles. The summed E-state index contributed by atoms with van der Waals surface area (Å²) in [6.07, 6.45) is 6.99. The molecule has 0 saturated heterocycles. The molecule has 0 aliphatic heterocycles. The van der Waals surface area contributed by atoms with Gasteiger partial charge in [0, 0.05) is 24.5 Å². The molecule has 1 N–H and O–H groups in total. The maximum absolute atomic E-state index is 12.8. The zero-order chi connectivity index (χ0) is 10.3. The molecule has 1 aromatic rings. The molecule has 2 aliphatic carbocycles. The summed E-state index contributed by atoms with van der Waals surface area (Å²) in [7, 11) is 0. The summed E-state index contributed by atoms with van der Waals surface area (Å²) in [6.45, 7) is 1.00. The van der Waals surface area contributed by atoms with Crippen LogP contribution in [0.25, 0.3) is 0 Å². The predicted molar refractivity (Wildman–Crippen MR) is 57.1 cm³/mol. The van der Waals surface area contributed by atoms with E-state index >= 15 is 0 Å². The van der Waals surface area contributed by atoms with Crippen LogP contribution in [0.3, 0.4) is 0 Å². The first-order chi connectivity index (χ1) is 7.28. The van der Waals surface area contributed by atoms with E-state index in [1.807, 2.05) is 6.07 Å². The molecule has 3 rings (SSSR count). The molecule has 1 heterocycles. The van der Waals surface area contributed by atoms with Gasteiger partial charge in [0.15, 0.2) is 0 Å². The number of halogens is 1. The SMILES string of the molecule is Fc1cc(NCC2(C3CC3)CC2)ccn1. The Morgan fingerprint density at radius 1 is 1.47 bits per heavy atom. The highest BCUT2D eigenvalue weighted by Crippen LogP contribution is 2.61. The molecule has 2 aliphatic rings. The van der Waals surface area contributed by atoms with Gasteiger partial charge in [-0.05, 0) is 43.1 Å². The maximum atomic E-state index is 12.8. The summed E-state index contributed by atoms with van der Waals surface area (Å²) in [5.41, 5.74) is 1.41. The van der Waals surface area contributed by atoms with E-state index in [4.69, 9.17) is 0 Å². The van der Waals surface area contributed by atoms with Crippen LogP contribution in [-0.2, 0) is 0 Å². The van der Waals surface area contributed by atoms with Gasteiger partial charge in [0.2, 0.25) is 5.95 Å². The molecule has 15 heavy (non-hydrogen) atoms. The van der Waals surface area contributed by atoms with E-state index in [1.54, 1.807) is 0 Å². The van der Waals surface area contributed by atoms with Crippen molar-refractivity contribution < 1.29 is 4.39 Å². The van der Waals surface area contributed by atoms with Gasteiger partial charge in [-0.3, -0.25) is 0 Å². The lowest BCUT2D eigenvalue weighted by molar-refractivity contribution is 0.466. The fourth-order valence-electron chi connectivity index (χ4n) is 2.38. The number of aromatic nitrogens is 1. The molecule has 0 spiro atoms. The minimum atomic E-state index is -0.406. The topological polar surface area (TPSA) is 24.9 Å². The summed E-state index contributed by atoms with van der Waals surface area (Å²) >= 11 is 0. The minimum Gasteiger partial charge on any atom is -0.384 e. The van der Waals surface area contributed by atoms with E-state index in [9.17, 15) is 4.39 Å². The molecular formula is C12H15FN2. The normalized spacial score (nSPS) is 22.5. The van der Waals surface area contributed by atoms with E-state index in [-0.39, 0.29) is 0 Å². The smallest absolute Gasteiger partial charge is 0.214 e. The fraction of sp³-hybridized carbons (Fsp3) is 0.583. The number of nitrogens with one attached hydrogen (secondary N) is 1. The molecule has 3 heteroatoms. The highest BCUT2D eigenvalue weighted by atomic mass is 19.1. The highest BCUT2D eigenvalue weighted by molar-refractivity contribution is 5.41. The standard InChI is InChI=1S/C12H15FN2/c13-11-7-10(3-6-14-11)15-8-12(4-5-12)9-1-2-9/h3,6-7,9H,1-2,4-5,8H2,(H,14,15). The van der Waals surface area contributed by atoms with Crippen molar-refractivity contribution in [3.63, 3.8) is 0 Å². The lowest BCUT2D eigenvalue weighted by Crippen LogP contribution is -2.17. The molecule has 0 atom stereocenters. The third-order valence-corrected chi connectivity index (χ3v) is 3.71. The van der Waals surface area contributed by atoms with Crippen LogP contribution < -0.4 is 5.32 Å². The van der Waals surface area contributed by atoms with Crippen molar-refractivity contribution in [2.24, 2.45) is 11.3 Å². The van der Waals surface area contributed by atoms with Gasteiger partial charge in [-0.1, -0.05) is 0 Å². The first kappa shape index (κ1) is 9.13. The van der Waals surface area contributed by atoms with E-state index in [0.717, 1.165) is 18.2 Å². The summed E-state index contributed by atoms with van der Waals surface area (Å²) in [5, 5.41) is 3.33. The van der Waals surface area contributed by atoms with E-state index < -0.39 is 5.95 Å². The fourth-order valence-corrected chi connectivity index (χ4v) is 2.38. The number of hydrogen-bond acceptors (Lipinski definition) is 2. The maximum Gasteiger partial charge on any atom is 0.214 e. The summed E-state index contributed by atoms with van der Waals surface area (Å²) in [5.74, 6) is 0.535. The van der Waals surface area contributed by atoms with Crippen molar-refractivity contribution in [3.05, 3.63) is 24.3 Å². The molecule has 80 valence electrons. The Labute approximate surface area is 88.9 Å². The second-order valence-corrected chi connectivity index (χ2v) is 4.86. The van der Waals surface area contributed by atoms with Crippen molar-refractivity contribution >= 4 is 5.69 Å². The second kappa shape index (κ2) is 3.19. The van der Waals surface area contributed by atoms with Crippen LogP contribution in [0.15, 0.2) is 18.3 Å². The first-order valence-electron chi connectivity index (χ1n) is 5.64. The Hall–Kier alpha value is -1.12. The zero-order valence-corrected chi connectivity index (χ0v) is 8.67. The van der Waals surface area contributed by atoms with Gasteiger partial charge >= 0.3 is 0 Å². The Bertz CT molecular complexity index is 370. The third-order valence-electron chi connectivity index (χ3n) is 3.71. The number of nitrogens with zero attached hydrogens (tertiary/aromatic N) is 1. The van der Waals surface area contributed by atoms with Gasteiger partial charge in [0.05, 0.1) is 0 Å². The van der Waals surface area contributed by atoms with Crippen molar-refractivity contribution in [2.45, 2.75) is 25.7 Å². The predicted octanol–water partition coefficient (Wildman–Crippen LogP) is 2.82. The van der Waals surface area contributed by atoms with Crippen LogP contribution in [0.5, 0.6) is 0 Å². The third kappa shape index (κ3) is 1.83. The van der Waals surface area contributed by atoms with Crippen LogP contribution in [0.1, 0.15) is 25.7 Å². The molecule has 0 amide bonds. The molecule has 0 unspecified atom stereocenters. The van der Waals surface area contributed by atoms with E-state index in [0.29, 0.717) is 5.41 Å². The Morgan fingerprint density at radius 2 is 2.27 bits per heavy atom. The highest BCUT2D eigenvalue weighted by Gasteiger charge is 2.53. The molecular weight excluding hydrogens is 191 g/mol. The van der Waals surface area contributed by atoms with Crippen molar-refractivity contribution in [1.29, 1.82) is 0 Å². The average molecular weight is 206 g/mol. The molecule has 2 fully saturated rings. The Morgan fingerprint density at radius 3 is 2.87 bits per heavy atom. The lowest BCUT2D eigenvalue weighted by Gasteiger charge is -2.15. The second-order valence-electron chi connectivity index (χ2n) is 4.86. The largest absolute Gasteiger partial charge is 0.384 e. The van der Waals surface area contributed by atoms with Crippen LogP contribution in [0.2, 0.25) is 0 Å². The molecule has 2 nitrogen and oxygen atoms in total. The van der Waals surface area contributed by atoms with E-state index in [1.165, 1.54) is 37.9 Å². The van der Waals surface area contributed by atoms with Gasteiger partial charge in [-0.2, -0.15) is 4.39 Å². The van der Waals surface area contributed by atoms with Crippen LogP contribution in [0, 0.1) is 17.3 Å². The van der Waals surface area contributed by atoms with Gasteiger partial charge in [0.1, 0.15) is 0 Å². The molecule has 1 aromatic heterocycles. The van der Waals surface area contributed by atoms with Crippen LogP contribution in [0.4, 0.5) is 10.1 Å². The lowest BCUT2D eigenvalue weighted by atomic mass is 10.0. The molecule has 0 bridgehead atoms. The van der Waals surface area contributed by atoms with Crippen LogP contribution in [-0.4, -0.2) is 11.5 Å². The summed E-state index contributed by atoms with van der Waals surface area (Å²) < 4.78 is 12.8. The van der Waals surface area contributed by atoms with Gasteiger partial charge in [0.25, 0.3) is 0 Å². The van der Waals surface area contributed by atoms with Crippen molar-refractivity contribution in [3.8, 4) is 0 Å². The van der Waals surface area contributed by atoms with Crippen LogP contribution >= 0.6 is 0 Å². The van der Waals surface area contributed by atoms with Gasteiger partial charge in [-0.25, -0.2) is 4.98 Å². The summed E-state index contributed by atoms with van der Waals surface area (Å²) in [4.78, 5) is 3.54. The summed E-state index contributed by atoms with van der Waals surface area (Å²) in [6, 6.07) is 3.29. The molecule has 2 saturated carbocycles. The molecule has 0 radical (unpaired) electrons. The average Bonchev–Trinajstić information content (AvgIpc) is 3.08. The van der Waals surface area contributed by atoms with Crippen molar-refractivity contribution in [1.82, 2.24) is 4.98 Å². The number of rotatable bonds is 4. The van der Waals surface area contributed by atoms with E-state index in [2.05, 4.69) is 10.3 Å². The number of anilines is 1. The van der Waals surface area contributed by atoms with Gasteiger partial charge < -0.3 is 5.32 Å². The number of hydrogen-bond donors (Lipinski definition) is 1.